The molecule has 1 heterocycles. The van der Waals surface area contributed by atoms with Crippen LogP contribution in [-0.2, 0) is 6.54 Å². The third kappa shape index (κ3) is 5.06. The first-order valence-corrected chi connectivity index (χ1v) is 9.83. The van der Waals surface area contributed by atoms with Crippen LogP contribution in [-0.4, -0.2) is 22.3 Å². The quantitative estimate of drug-likeness (QED) is 0.480. The number of nitrogens with zero attached hydrogens (tertiary/aromatic N) is 2. The van der Waals surface area contributed by atoms with Gasteiger partial charge in [0, 0.05) is 11.6 Å². The van der Waals surface area contributed by atoms with Crippen LogP contribution in [0.3, 0.4) is 0 Å². The van der Waals surface area contributed by atoms with Gasteiger partial charge in [0.05, 0.1) is 29.4 Å². The number of ether oxygens (including phenoxy) is 1. The molecule has 0 aliphatic rings. The van der Waals surface area contributed by atoms with Crippen LogP contribution in [0.1, 0.15) is 35.7 Å². The third-order valence-electron chi connectivity index (χ3n) is 4.19. The Bertz CT molecular complexity index is 939. The number of amides is 1. The lowest BCUT2D eigenvalue weighted by atomic mass is 10.2. The van der Waals surface area contributed by atoms with Crippen molar-refractivity contribution in [3.63, 3.8) is 0 Å². The molecule has 1 amide bonds. The maximum Gasteiger partial charge on any atom is 0.256 e. The zero-order valence-corrected chi connectivity index (χ0v) is 17.0. The molecular weight excluding hydrogens is 397 g/mol. The highest BCUT2D eigenvalue weighted by Gasteiger charge is 2.12. The van der Waals surface area contributed by atoms with Crippen molar-refractivity contribution in [3.8, 4) is 5.75 Å². The fraction of sp³-hybridized carbons (Fsp3) is 0.238. The van der Waals surface area contributed by atoms with E-state index in [1.807, 2.05) is 12.1 Å². The maximum absolute atomic E-state index is 12.6. The molecule has 0 unspecified atom stereocenters. The Balaban J connectivity index is 1.67. The van der Waals surface area contributed by atoms with Crippen molar-refractivity contribution in [2.24, 2.45) is 0 Å². The van der Waals surface area contributed by atoms with Crippen LogP contribution < -0.4 is 10.1 Å². The molecule has 0 atom stereocenters. The lowest BCUT2D eigenvalue weighted by molar-refractivity contribution is 0.102. The second kappa shape index (κ2) is 9.62. The van der Waals surface area contributed by atoms with E-state index >= 15 is 0 Å². The number of hydrogen-bond donors (Lipinski definition) is 1. The lowest BCUT2D eigenvalue weighted by Crippen LogP contribution is -2.16. The first-order chi connectivity index (χ1) is 13.6. The van der Waals surface area contributed by atoms with Gasteiger partial charge in [-0.15, -0.1) is 0 Å². The number of benzene rings is 2. The second-order valence-corrected chi connectivity index (χ2v) is 7.05. The van der Waals surface area contributed by atoms with E-state index in [-0.39, 0.29) is 5.91 Å². The summed E-state index contributed by atoms with van der Waals surface area (Å²) >= 11 is 12.3. The molecule has 3 rings (SSSR count). The molecule has 0 aliphatic carbocycles. The van der Waals surface area contributed by atoms with Crippen LogP contribution in [0.15, 0.2) is 54.7 Å². The third-order valence-corrected chi connectivity index (χ3v) is 5.05. The van der Waals surface area contributed by atoms with Crippen molar-refractivity contribution in [3.05, 3.63) is 75.9 Å². The number of aromatic nitrogens is 2. The van der Waals surface area contributed by atoms with Gasteiger partial charge in [-0.2, -0.15) is 5.10 Å². The first kappa shape index (κ1) is 20.2. The van der Waals surface area contributed by atoms with Crippen LogP contribution >= 0.6 is 23.2 Å². The minimum Gasteiger partial charge on any atom is -0.494 e. The predicted molar refractivity (Wildman–Crippen MR) is 113 cm³/mol. The van der Waals surface area contributed by atoms with Crippen molar-refractivity contribution in [1.82, 2.24) is 9.78 Å². The molecule has 0 fully saturated rings. The Morgan fingerprint density at radius 3 is 2.68 bits per heavy atom. The smallest absolute Gasteiger partial charge is 0.256 e. The molecule has 146 valence electrons. The van der Waals surface area contributed by atoms with E-state index in [9.17, 15) is 4.79 Å². The van der Waals surface area contributed by atoms with Gasteiger partial charge in [-0.05, 0) is 42.3 Å². The molecule has 1 N–H and O–H groups in total. The van der Waals surface area contributed by atoms with Crippen LogP contribution in [0.25, 0.3) is 0 Å². The van der Waals surface area contributed by atoms with E-state index in [0.29, 0.717) is 34.6 Å². The molecule has 0 saturated carbocycles. The summed E-state index contributed by atoms with van der Waals surface area (Å²) in [7, 11) is 0. The summed E-state index contributed by atoms with van der Waals surface area (Å²) in [5.74, 6) is 1.11. The Kier molecular flexibility index (Phi) is 6.95. The van der Waals surface area contributed by atoms with Crippen LogP contribution in [0.4, 0.5) is 5.82 Å². The first-order valence-electron chi connectivity index (χ1n) is 9.07. The Hall–Kier alpha value is -2.50. The summed E-state index contributed by atoms with van der Waals surface area (Å²) in [6, 6.07) is 14.2. The van der Waals surface area contributed by atoms with Gasteiger partial charge >= 0.3 is 0 Å². The topological polar surface area (TPSA) is 56.1 Å². The van der Waals surface area contributed by atoms with Gasteiger partial charge in [0.1, 0.15) is 11.6 Å². The minimum absolute atomic E-state index is 0.223. The summed E-state index contributed by atoms with van der Waals surface area (Å²) in [5, 5.41) is 8.11. The van der Waals surface area contributed by atoms with Gasteiger partial charge in [0.2, 0.25) is 0 Å². The number of nitrogens with one attached hydrogen (secondary N) is 1. The normalized spacial score (nSPS) is 10.7. The molecule has 0 aliphatic heterocycles. The van der Waals surface area contributed by atoms with Crippen molar-refractivity contribution >= 4 is 34.9 Å². The summed E-state index contributed by atoms with van der Waals surface area (Å²) in [6.07, 6.45) is 3.70. The van der Waals surface area contributed by atoms with Gasteiger partial charge in [-0.1, -0.05) is 48.7 Å². The van der Waals surface area contributed by atoms with E-state index < -0.39 is 0 Å². The van der Waals surface area contributed by atoms with Crippen molar-refractivity contribution in [2.45, 2.75) is 26.3 Å². The standard InChI is InChI=1S/C21H21Cl2N3O2/c1-2-3-13-28-17-9-7-15(8-10-17)21(27)25-19-11-12-24-26(19)14-16-5-4-6-18(22)20(16)23/h4-12H,2-3,13-14H2,1H3,(H,25,27). The Morgan fingerprint density at radius 1 is 1.14 bits per heavy atom. The minimum atomic E-state index is -0.223. The zero-order chi connectivity index (χ0) is 19.9. The van der Waals surface area contributed by atoms with Crippen molar-refractivity contribution < 1.29 is 9.53 Å². The number of carbonyl (C=O) groups excluding carboxylic acids is 1. The molecule has 1 aromatic heterocycles. The highest BCUT2D eigenvalue weighted by atomic mass is 35.5. The zero-order valence-electron chi connectivity index (χ0n) is 15.5. The van der Waals surface area contributed by atoms with E-state index in [1.54, 1.807) is 47.3 Å². The van der Waals surface area contributed by atoms with Crippen LogP contribution in [0.5, 0.6) is 5.75 Å². The van der Waals surface area contributed by atoms with E-state index in [1.165, 1.54) is 0 Å². The summed E-state index contributed by atoms with van der Waals surface area (Å²) in [6.45, 7) is 3.18. The Labute approximate surface area is 174 Å². The number of halogens is 2. The second-order valence-electron chi connectivity index (χ2n) is 6.27. The van der Waals surface area contributed by atoms with Gasteiger partial charge in [-0.3, -0.25) is 4.79 Å². The molecule has 5 nitrogen and oxygen atoms in total. The highest BCUT2D eigenvalue weighted by Crippen LogP contribution is 2.26. The molecule has 28 heavy (non-hydrogen) atoms. The van der Waals surface area contributed by atoms with Gasteiger partial charge < -0.3 is 10.1 Å². The monoisotopic (exact) mass is 417 g/mol. The SMILES string of the molecule is CCCCOc1ccc(C(=O)Nc2ccnn2Cc2cccc(Cl)c2Cl)cc1. The largest absolute Gasteiger partial charge is 0.494 e. The summed E-state index contributed by atoms with van der Waals surface area (Å²) in [5.41, 5.74) is 1.36. The van der Waals surface area contributed by atoms with E-state index in [4.69, 9.17) is 27.9 Å². The molecule has 3 aromatic rings. The number of anilines is 1. The molecule has 0 saturated heterocycles. The van der Waals surface area contributed by atoms with Crippen LogP contribution in [0.2, 0.25) is 10.0 Å². The Morgan fingerprint density at radius 2 is 1.93 bits per heavy atom. The fourth-order valence-corrected chi connectivity index (χ4v) is 3.00. The van der Waals surface area contributed by atoms with E-state index in [2.05, 4.69) is 17.3 Å². The number of unbranched alkanes of at least 4 members (excludes halogenated alkanes) is 1. The molecule has 0 spiro atoms. The fourth-order valence-electron chi connectivity index (χ4n) is 2.62. The predicted octanol–water partition coefficient (Wildman–Crippen LogP) is 5.67. The van der Waals surface area contributed by atoms with Gasteiger partial charge in [-0.25, -0.2) is 4.68 Å². The van der Waals surface area contributed by atoms with Gasteiger partial charge in [0.25, 0.3) is 5.91 Å². The molecule has 0 radical (unpaired) electrons. The van der Waals surface area contributed by atoms with Crippen molar-refractivity contribution in [2.75, 3.05) is 11.9 Å². The maximum atomic E-state index is 12.6. The number of carbonyl (C=O) groups is 1. The molecular formula is C21H21Cl2N3O2. The number of hydrogen-bond acceptors (Lipinski definition) is 3. The number of rotatable bonds is 8. The summed E-state index contributed by atoms with van der Waals surface area (Å²) in [4.78, 5) is 12.6. The average molecular weight is 418 g/mol. The van der Waals surface area contributed by atoms with Crippen molar-refractivity contribution in [1.29, 1.82) is 0 Å². The summed E-state index contributed by atoms with van der Waals surface area (Å²) < 4.78 is 7.29. The van der Waals surface area contributed by atoms with Gasteiger partial charge in [0.15, 0.2) is 0 Å². The molecule has 7 heteroatoms. The average Bonchev–Trinajstić information content (AvgIpc) is 3.13. The van der Waals surface area contributed by atoms with Crippen LogP contribution in [0, 0.1) is 0 Å². The molecule has 0 bridgehead atoms. The molecule has 2 aromatic carbocycles. The highest BCUT2D eigenvalue weighted by molar-refractivity contribution is 6.42. The lowest BCUT2D eigenvalue weighted by Gasteiger charge is -2.11. The van der Waals surface area contributed by atoms with E-state index in [0.717, 1.165) is 24.2 Å².